The molecule has 0 amide bonds. The van der Waals surface area contributed by atoms with Crippen molar-refractivity contribution in [1.82, 2.24) is 0 Å². The monoisotopic (exact) mass is 304 g/mol. The molecule has 1 aromatic rings. The Balaban J connectivity index is 2.62. The Morgan fingerprint density at radius 1 is 1.09 bits per heavy atom. The van der Waals surface area contributed by atoms with Crippen LogP contribution in [0.4, 0.5) is 0 Å². The zero-order valence-corrected chi connectivity index (χ0v) is 12.3. The summed E-state index contributed by atoms with van der Waals surface area (Å²) in [6.45, 7) is 3.48. The molecule has 0 atom stereocenters. The maximum absolute atomic E-state index is 11.7. The highest BCUT2D eigenvalue weighted by Crippen LogP contribution is 2.15. The predicted octanol–water partition coefficient (Wildman–Crippen LogP) is 1.90. The molecule has 0 saturated carbocycles. The summed E-state index contributed by atoms with van der Waals surface area (Å²) < 4.78 is 14.0. The number of carbonyl (C=O) groups excluding carboxylic acids is 3. The van der Waals surface area contributed by atoms with Gasteiger partial charge < -0.3 is 14.2 Å². The van der Waals surface area contributed by atoms with Crippen LogP contribution in [0.3, 0.4) is 0 Å². The number of methoxy groups -OCH3 is 2. The third-order valence-electron chi connectivity index (χ3n) is 2.58. The van der Waals surface area contributed by atoms with Gasteiger partial charge in [0.25, 0.3) is 0 Å². The average Bonchev–Trinajstić information content (AvgIpc) is 2.53. The zero-order valence-electron chi connectivity index (χ0n) is 12.3. The highest BCUT2D eigenvalue weighted by Gasteiger charge is 2.14. The number of benzene rings is 1. The molecule has 1 rings (SSSR count). The quantitative estimate of drug-likeness (QED) is 0.454. The number of carbonyl (C=O) groups is 3. The van der Waals surface area contributed by atoms with Gasteiger partial charge in [-0.15, -0.1) is 0 Å². The SMILES string of the molecule is C=C(CC(=O)OC)C(=O)Oc1ccc(/C=C/C(=O)OC)cc1. The number of hydrogen-bond donors (Lipinski definition) is 0. The molecule has 0 heterocycles. The molecule has 6 heteroatoms. The van der Waals surface area contributed by atoms with Crippen LogP contribution in [0.5, 0.6) is 5.75 Å². The van der Waals surface area contributed by atoms with Gasteiger partial charge in [0.15, 0.2) is 0 Å². The molecule has 0 spiro atoms. The van der Waals surface area contributed by atoms with Crippen molar-refractivity contribution >= 4 is 24.0 Å². The summed E-state index contributed by atoms with van der Waals surface area (Å²) in [4.78, 5) is 33.7. The predicted molar refractivity (Wildman–Crippen MR) is 78.9 cm³/mol. The Hall–Kier alpha value is -2.89. The van der Waals surface area contributed by atoms with Crippen LogP contribution < -0.4 is 4.74 Å². The van der Waals surface area contributed by atoms with Gasteiger partial charge in [0, 0.05) is 11.6 Å². The van der Waals surface area contributed by atoms with Crippen molar-refractivity contribution in [3.05, 3.63) is 48.1 Å². The Kier molecular flexibility index (Phi) is 6.56. The van der Waals surface area contributed by atoms with Crippen LogP contribution in [0, 0.1) is 0 Å². The van der Waals surface area contributed by atoms with Gasteiger partial charge in [-0.2, -0.15) is 0 Å². The third-order valence-corrected chi connectivity index (χ3v) is 2.58. The van der Waals surface area contributed by atoms with Crippen molar-refractivity contribution in [2.45, 2.75) is 6.42 Å². The summed E-state index contributed by atoms with van der Waals surface area (Å²) in [5.74, 6) is -1.44. The lowest BCUT2D eigenvalue weighted by molar-refractivity contribution is -0.141. The van der Waals surface area contributed by atoms with Gasteiger partial charge in [-0.05, 0) is 23.8 Å². The van der Waals surface area contributed by atoms with E-state index in [9.17, 15) is 14.4 Å². The van der Waals surface area contributed by atoms with Gasteiger partial charge in [-0.25, -0.2) is 9.59 Å². The summed E-state index contributed by atoms with van der Waals surface area (Å²) in [5, 5.41) is 0. The Bertz CT molecular complexity index is 598. The van der Waals surface area contributed by atoms with Crippen LogP contribution >= 0.6 is 0 Å². The standard InChI is InChI=1S/C16H16O6/c1-11(10-15(18)21-3)16(19)22-13-7-4-12(5-8-13)6-9-14(17)20-2/h4-9H,1,10H2,2-3H3/b9-6+. The van der Waals surface area contributed by atoms with E-state index >= 15 is 0 Å². The highest BCUT2D eigenvalue weighted by atomic mass is 16.5. The van der Waals surface area contributed by atoms with Gasteiger partial charge in [0.2, 0.25) is 0 Å². The summed E-state index contributed by atoms with van der Waals surface area (Å²) in [5.41, 5.74) is 0.736. The van der Waals surface area contributed by atoms with E-state index in [-0.39, 0.29) is 12.0 Å². The maximum Gasteiger partial charge on any atom is 0.339 e. The lowest BCUT2D eigenvalue weighted by Crippen LogP contribution is -2.14. The molecule has 0 aliphatic heterocycles. The van der Waals surface area contributed by atoms with E-state index in [4.69, 9.17) is 4.74 Å². The second-order valence-corrected chi connectivity index (χ2v) is 4.17. The summed E-state index contributed by atoms with van der Waals surface area (Å²) in [6, 6.07) is 6.43. The van der Waals surface area contributed by atoms with E-state index < -0.39 is 17.9 Å². The molecule has 0 fully saturated rings. The van der Waals surface area contributed by atoms with Crippen molar-refractivity contribution in [3.63, 3.8) is 0 Å². The summed E-state index contributed by atoms with van der Waals surface area (Å²) >= 11 is 0. The molecule has 0 aliphatic rings. The topological polar surface area (TPSA) is 78.9 Å². The van der Waals surface area contributed by atoms with Crippen LogP contribution in [-0.4, -0.2) is 32.1 Å². The second-order valence-electron chi connectivity index (χ2n) is 4.17. The minimum absolute atomic E-state index is 0.00140. The molecule has 0 aliphatic carbocycles. The van der Waals surface area contributed by atoms with E-state index in [1.807, 2.05) is 0 Å². The van der Waals surface area contributed by atoms with E-state index in [0.717, 1.165) is 5.56 Å². The van der Waals surface area contributed by atoms with Crippen LogP contribution in [0.25, 0.3) is 6.08 Å². The largest absolute Gasteiger partial charge is 0.469 e. The van der Waals surface area contributed by atoms with Crippen molar-refractivity contribution in [2.75, 3.05) is 14.2 Å². The van der Waals surface area contributed by atoms with Crippen LogP contribution in [0.2, 0.25) is 0 Å². The van der Waals surface area contributed by atoms with Crippen molar-refractivity contribution in [3.8, 4) is 5.75 Å². The first-order chi connectivity index (χ1) is 10.5. The molecule has 0 bridgehead atoms. The van der Waals surface area contributed by atoms with E-state index in [0.29, 0.717) is 5.75 Å². The van der Waals surface area contributed by atoms with Crippen molar-refractivity contribution in [2.24, 2.45) is 0 Å². The Morgan fingerprint density at radius 2 is 1.73 bits per heavy atom. The van der Waals surface area contributed by atoms with Gasteiger partial charge in [-0.1, -0.05) is 18.7 Å². The minimum Gasteiger partial charge on any atom is -0.469 e. The lowest BCUT2D eigenvalue weighted by atomic mass is 10.2. The molecule has 6 nitrogen and oxygen atoms in total. The van der Waals surface area contributed by atoms with E-state index in [1.54, 1.807) is 30.3 Å². The first kappa shape index (κ1) is 17.2. The minimum atomic E-state index is -0.705. The fraction of sp³-hybridized carbons (Fsp3) is 0.188. The lowest BCUT2D eigenvalue weighted by Gasteiger charge is -2.06. The zero-order chi connectivity index (χ0) is 16.5. The molecule has 0 radical (unpaired) electrons. The van der Waals surface area contributed by atoms with Crippen molar-refractivity contribution in [1.29, 1.82) is 0 Å². The molecule has 0 N–H and O–H groups in total. The average molecular weight is 304 g/mol. The van der Waals surface area contributed by atoms with Crippen molar-refractivity contribution < 1.29 is 28.6 Å². The van der Waals surface area contributed by atoms with Gasteiger partial charge >= 0.3 is 17.9 Å². The molecule has 22 heavy (non-hydrogen) atoms. The molecule has 1 aromatic carbocycles. The number of ether oxygens (including phenoxy) is 3. The molecule has 0 aromatic heterocycles. The first-order valence-electron chi connectivity index (χ1n) is 6.29. The maximum atomic E-state index is 11.7. The fourth-order valence-corrected chi connectivity index (χ4v) is 1.38. The number of rotatable bonds is 6. The Morgan fingerprint density at radius 3 is 2.27 bits per heavy atom. The summed E-state index contributed by atoms with van der Waals surface area (Å²) in [6.07, 6.45) is 2.61. The molecule has 116 valence electrons. The molecule has 0 saturated heterocycles. The van der Waals surface area contributed by atoms with Crippen LogP contribution in [-0.2, 0) is 23.9 Å². The van der Waals surface area contributed by atoms with Gasteiger partial charge in [0.05, 0.1) is 20.6 Å². The number of hydrogen-bond acceptors (Lipinski definition) is 6. The molecular formula is C16H16O6. The smallest absolute Gasteiger partial charge is 0.339 e. The Labute approximate surface area is 128 Å². The van der Waals surface area contributed by atoms with Gasteiger partial charge in [-0.3, -0.25) is 4.79 Å². The normalized spacial score (nSPS) is 10.1. The summed E-state index contributed by atoms with van der Waals surface area (Å²) in [7, 11) is 2.51. The van der Waals surface area contributed by atoms with E-state index in [2.05, 4.69) is 16.1 Å². The third kappa shape index (κ3) is 5.62. The van der Waals surface area contributed by atoms with E-state index in [1.165, 1.54) is 20.3 Å². The number of esters is 3. The second kappa shape index (κ2) is 8.41. The first-order valence-corrected chi connectivity index (χ1v) is 6.29. The highest BCUT2D eigenvalue weighted by molar-refractivity contribution is 5.94. The molecular weight excluding hydrogens is 288 g/mol. The molecule has 0 unspecified atom stereocenters. The van der Waals surface area contributed by atoms with Crippen LogP contribution in [0.1, 0.15) is 12.0 Å². The van der Waals surface area contributed by atoms with Crippen LogP contribution in [0.15, 0.2) is 42.5 Å². The van der Waals surface area contributed by atoms with Gasteiger partial charge in [0.1, 0.15) is 5.75 Å². The fourth-order valence-electron chi connectivity index (χ4n) is 1.38.